The number of pyridine rings is 1. The highest BCUT2D eigenvalue weighted by molar-refractivity contribution is 6.50. The smallest absolute Gasteiger partial charge is 0.179 e. The molecule has 2 heterocycles. The van der Waals surface area contributed by atoms with E-state index in [1.807, 2.05) is 0 Å². The van der Waals surface area contributed by atoms with E-state index >= 15 is 0 Å². The highest BCUT2D eigenvalue weighted by atomic mass is 15.2. The predicted molar refractivity (Wildman–Crippen MR) is 62.9 cm³/mol. The second kappa shape index (κ2) is 4.49. The quantitative estimate of drug-likeness (QED) is 0.648. The number of piperidine rings is 1. The summed E-state index contributed by atoms with van der Waals surface area (Å²) in [6.07, 6.45) is 4.01. The highest BCUT2D eigenvalue weighted by Gasteiger charge is 2.11. The monoisotopic (exact) mass is 188 g/mol. The molecular formula is C11H17BN2. The zero-order valence-corrected chi connectivity index (χ0v) is 8.87. The van der Waals surface area contributed by atoms with Crippen molar-refractivity contribution in [2.45, 2.75) is 26.1 Å². The predicted octanol–water partition coefficient (Wildman–Crippen LogP) is 1.18. The van der Waals surface area contributed by atoms with Crippen molar-refractivity contribution in [1.82, 2.24) is 4.98 Å². The molecule has 0 saturated carbocycles. The minimum Gasteiger partial charge on any atom is -0.357 e. The van der Waals surface area contributed by atoms with Crippen LogP contribution in [0, 0.1) is 0 Å². The zero-order chi connectivity index (χ0) is 9.80. The molecule has 1 aromatic heterocycles. The normalized spacial score (nSPS) is 16.8. The second-order valence-corrected chi connectivity index (χ2v) is 3.89. The fraction of sp³-hybridized carbons (Fsp3) is 0.545. The highest BCUT2D eigenvalue weighted by Crippen LogP contribution is 2.15. The van der Waals surface area contributed by atoms with Gasteiger partial charge in [-0.25, -0.2) is 4.98 Å². The largest absolute Gasteiger partial charge is 0.357 e. The molecule has 14 heavy (non-hydrogen) atoms. The molecule has 1 aliphatic rings. The van der Waals surface area contributed by atoms with E-state index in [1.165, 1.54) is 43.8 Å². The van der Waals surface area contributed by atoms with Crippen LogP contribution in [0.15, 0.2) is 18.2 Å². The third-order valence-electron chi connectivity index (χ3n) is 2.83. The SMILES string of the molecule is CBc1cccc(N2CCCCC2)n1. The fourth-order valence-corrected chi connectivity index (χ4v) is 1.96. The molecule has 2 rings (SSSR count). The van der Waals surface area contributed by atoms with Gasteiger partial charge in [-0.2, -0.15) is 0 Å². The number of nitrogens with zero attached hydrogens (tertiary/aromatic N) is 2. The molecular weight excluding hydrogens is 171 g/mol. The molecule has 0 amide bonds. The summed E-state index contributed by atoms with van der Waals surface area (Å²) >= 11 is 0. The average molecular weight is 188 g/mol. The van der Waals surface area contributed by atoms with Crippen molar-refractivity contribution in [3.63, 3.8) is 0 Å². The van der Waals surface area contributed by atoms with Crippen molar-refractivity contribution in [3.05, 3.63) is 18.2 Å². The first kappa shape index (κ1) is 9.57. The molecule has 1 aliphatic heterocycles. The van der Waals surface area contributed by atoms with Crippen LogP contribution >= 0.6 is 0 Å². The van der Waals surface area contributed by atoms with Crippen molar-refractivity contribution in [3.8, 4) is 0 Å². The van der Waals surface area contributed by atoms with Crippen LogP contribution < -0.4 is 10.5 Å². The molecule has 0 spiro atoms. The van der Waals surface area contributed by atoms with E-state index in [0.717, 1.165) is 7.28 Å². The molecule has 0 N–H and O–H groups in total. The standard InChI is InChI=1S/C11H17BN2/c1-12-10-6-5-7-11(13-10)14-8-3-2-4-9-14/h5-7,12H,2-4,8-9H2,1H3. The molecule has 74 valence electrons. The number of aromatic nitrogens is 1. The van der Waals surface area contributed by atoms with Crippen LogP contribution in [0.1, 0.15) is 19.3 Å². The van der Waals surface area contributed by atoms with E-state index in [-0.39, 0.29) is 0 Å². The summed E-state index contributed by atoms with van der Waals surface area (Å²) < 4.78 is 0. The lowest BCUT2D eigenvalue weighted by atomic mass is 9.78. The molecule has 0 bridgehead atoms. The number of hydrogen-bond acceptors (Lipinski definition) is 2. The van der Waals surface area contributed by atoms with Gasteiger partial charge >= 0.3 is 0 Å². The van der Waals surface area contributed by atoms with Gasteiger partial charge in [0.2, 0.25) is 0 Å². The van der Waals surface area contributed by atoms with Crippen molar-refractivity contribution in [2.24, 2.45) is 0 Å². The van der Waals surface area contributed by atoms with Gasteiger partial charge in [0.25, 0.3) is 0 Å². The van der Waals surface area contributed by atoms with Crippen molar-refractivity contribution >= 4 is 18.7 Å². The van der Waals surface area contributed by atoms with Crippen LogP contribution in [0.5, 0.6) is 0 Å². The molecule has 0 radical (unpaired) electrons. The lowest BCUT2D eigenvalue weighted by Gasteiger charge is -2.27. The Morgan fingerprint density at radius 2 is 2.00 bits per heavy atom. The van der Waals surface area contributed by atoms with Crippen molar-refractivity contribution < 1.29 is 0 Å². The van der Waals surface area contributed by atoms with Crippen LogP contribution in [0.3, 0.4) is 0 Å². The van der Waals surface area contributed by atoms with Crippen molar-refractivity contribution in [2.75, 3.05) is 18.0 Å². The van der Waals surface area contributed by atoms with Crippen LogP contribution in [0.2, 0.25) is 6.82 Å². The summed E-state index contributed by atoms with van der Waals surface area (Å²) in [5, 5.41) is 0. The Morgan fingerprint density at radius 3 is 2.71 bits per heavy atom. The van der Waals surface area contributed by atoms with E-state index in [2.05, 4.69) is 34.9 Å². The minimum absolute atomic E-state index is 1.03. The number of hydrogen-bond donors (Lipinski definition) is 0. The summed E-state index contributed by atoms with van der Waals surface area (Å²) in [5.41, 5.74) is 1.20. The maximum absolute atomic E-state index is 4.64. The van der Waals surface area contributed by atoms with Gasteiger partial charge < -0.3 is 4.90 Å². The topological polar surface area (TPSA) is 16.1 Å². The summed E-state index contributed by atoms with van der Waals surface area (Å²) in [5.74, 6) is 1.17. The van der Waals surface area contributed by atoms with Gasteiger partial charge in [-0.3, -0.25) is 0 Å². The van der Waals surface area contributed by atoms with Crippen LogP contribution in [-0.2, 0) is 0 Å². The lowest BCUT2D eigenvalue weighted by molar-refractivity contribution is 0.574. The Morgan fingerprint density at radius 1 is 1.21 bits per heavy atom. The van der Waals surface area contributed by atoms with E-state index in [4.69, 9.17) is 0 Å². The molecule has 1 aromatic rings. The van der Waals surface area contributed by atoms with E-state index in [9.17, 15) is 0 Å². The summed E-state index contributed by atoms with van der Waals surface area (Å²) in [6, 6.07) is 6.35. The Balaban J connectivity index is 2.13. The molecule has 0 aromatic carbocycles. The zero-order valence-electron chi connectivity index (χ0n) is 8.87. The Bertz CT molecular complexity index is 295. The fourth-order valence-electron chi connectivity index (χ4n) is 1.96. The van der Waals surface area contributed by atoms with Gasteiger partial charge in [0.05, 0.1) is 0 Å². The Labute approximate surface area is 86.6 Å². The van der Waals surface area contributed by atoms with Gasteiger partial charge in [-0.15, -0.1) is 0 Å². The van der Waals surface area contributed by atoms with Gasteiger partial charge in [0, 0.05) is 18.7 Å². The molecule has 2 nitrogen and oxygen atoms in total. The summed E-state index contributed by atoms with van der Waals surface area (Å²) in [6.45, 7) is 4.52. The Kier molecular flexibility index (Phi) is 3.07. The average Bonchev–Trinajstić information content (AvgIpc) is 2.30. The lowest BCUT2D eigenvalue weighted by Crippen LogP contribution is -2.31. The van der Waals surface area contributed by atoms with Gasteiger partial charge in [0.15, 0.2) is 7.28 Å². The maximum Gasteiger partial charge on any atom is 0.179 e. The van der Waals surface area contributed by atoms with Crippen LogP contribution in [0.25, 0.3) is 0 Å². The maximum atomic E-state index is 4.64. The molecule has 0 unspecified atom stereocenters. The number of rotatable bonds is 2. The first-order chi connectivity index (χ1) is 6.90. The second-order valence-electron chi connectivity index (χ2n) is 3.89. The molecule has 1 saturated heterocycles. The molecule has 3 heteroatoms. The van der Waals surface area contributed by atoms with Crippen LogP contribution in [0.4, 0.5) is 5.82 Å². The molecule has 0 atom stereocenters. The minimum atomic E-state index is 1.03. The Hall–Kier alpha value is -0.985. The van der Waals surface area contributed by atoms with E-state index < -0.39 is 0 Å². The first-order valence-electron chi connectivity index (χ1n) is 5.61. The van der Waals surface area contributed by atoms with Crippen LogP contribution in [-0.4, -0.2) is 25.4 Å². The summed E-state index contributed by atoms with van der Waals surface area (Å²) in [7, 11) is 1.03. The third-order valence-corrected chi connectivity index (χ3v) is 2.83. The van der Waals surface area contributed by atoms with Gasteiger partial charge in [-0.05, 0) is 25.3 Å². The van der Waals surface area contributed by atoms with Gasteiger partial charge in [-0.1, -0.05) is 19.0 Å². The van der Waals surface area contributed by atoms with E-state index in [0.29, 0.717) is 0 Å². The third kappa shape index (κ3) is 2.09. The first-order valence-corrected chi connectivity index (χ1v) is 5.61. The molecule has 1 fully saturated rings. The molecule has 0 aliphatic carbocycles. The number of anilines is 1. The van der Waals surface area contributed by atoms with E-state index in [1.54, 1.807) is 0 Å². The van der Waals surface area contributed by atoms with Crippen molar-refractivity contribution in [1.29, 1.82) is 0 Å². The van der Waals surface area contributed by atoms with Gasteiger partial charge in [0.1, 0.15) is 5.82 Å². The summed E-state index contributed by atoms with van der Waals surface area (Å²) in [4.78, 5) is 7.05.